The van der Waals surface area contributed by atoms with Crippen molar-refractivity contribution in [2.75, 3.05) is 18.7 Å². The second kappa shape index (κ2) is 6.40. The average Bonchev–Trinajstić information content (AvgIpc) is 2.46. The number of ether oxygens (including phenoxy) is 1. The number of anilines is 1. The van der Waals surface area contributed by atoms with Gasteiger partial charge in [0.05, 0.1) is 22.7 Å². The monoisotopic (exact) mass is 371 g/mol. The molecule has 0 fully saturated rings. The Kier molecular flexibility index (Phi) is 4.79. The van der Waals surface area contributed by atoms with Crippen molar-refractivity contribution < 1.29 is 13.2 Å². The second-order valence-electron chi connectivity index (χ2n) is 4.32. The molecule has 0 radical (unpaired) electrons. The molecular formula is C13H14BrN3O3S. The van der Waals surface area contributed by atoms with Crippen LogP contribution in [0.25, 0.3) is 0 Å². The third kappa shape index (κ3) is 4.15. The molecule has 1 aromatic carbocycles. The lowest BCUT2D eigenvalue weighted by Crippen LogP contribution is -2.05. The second-order valence-corrected chi connectivity index (χ2v) is 7.19. The number of aromatic nitrogens is 2. The van der Waals surface area contributed by atoms with E-state index in [9.17, 15) is 8.42 Å². The lowest BCUT2D eigenvalue weighted by atomic mass is 10.2. The summed E-state index contributed by atoms with van der Waals surface area (Å²) in [6.45, 7) is 0.481. The number of hydrogen-bond donors (Lipinski definition) is 1. The van der Waals surface area contributed by atoms with Crippen molar-refractivity contribution in [2.24, 2.45) is 0 Å². The summed E-state index contributed by atoms with van der Waals surface area (Å²) < 4.78 is 28.5. The quantitative estimate of drug-likeness (QED) is 0.867. The maximum atomic E-state index is 11.4. The summed E-state index contributed by atoms with van der Waals surface area (Å²) in [6, 6.07) is 6.66. The summed E-state index contributed by atoms with van der Waals surface area (Å²) in [4.78, 5) is 8.59. The van der Waals surface area contributed by atoms with Crippen LogP contribution in [-0.2, 0) is 16.4 Å². The molecule has 0 aliphatic heterocycles. The molecule has 2 aromatic rings. The average molecular weight is 372 g/mol. The zero-order valence-electron chi connectivity index (χ0n) is 11.5. The van der Waals surface area contributed by atoms with Gasteiger partial charge in [-0.2, -0.15) is 4.98 Å². The number of nitrogens with zero attached hydrogens (tertiary/aromatic N) is 2. The van der Waals surface area contributed by atoms with Crippen LogP contribution in [0.2, 0.25) is 0 Å². The fourth-order valence-electron chi connectivity index (χ4n) is 1.62. The molecule has 0 saturated carbocycles. The van der Waals surface area contributed by atoms with Crippen molar-refractivity contribution in [2.45, 2.75) is 11.4 Å². The number of benzene rings is 1. The summed E-state index contributed by atoms with van der Waals surface area (Å²) in [5.74, 6) is 0.877. The first-order valence-electron chi connectivity index (χ1n) is 5.99. The van der Waals surface area contributed by atoms with Crippen molar-refractivity contribution >= 4 is 31.7 Å². The Hall–Kier alpha value is -1.67. The molecule has 0 bridgehead atoms. The first kappa shape index (κ1) is 15.7. The van der Waals surface area contributed by atoms with Gasteiger partial charge in [-0.25, -0.2) is 13.4 Å². The topological polar surface area (TPSA) is 81.2 Å². The van der Waals surface area contributed by atoms with E-state index in [1.54, 1.807) is 30.5 Å². The predicted molar refractivity (Wildman–Crippen MR) is 83.2 cm³/mol. The molecule has 2 rings (SSSR count). The van der Waals surface area contributed by atoms with Crippen molar-refractivity contribution in [1.82, 2.24) is 9.97 Å². The van der Waals surface area contributed by atoms with Crippen LogP contribution in [0.3, 0.4) is 0 Å². The van der Waals surface area contributed by atoms with E-state index >= 15 is 0 Å². The van der Waals surface area contributed by atoms with Crippen LogP contribution in [0.1, 0.15) is 5.56 Å². The molecule has 1 N–H and O–H groups in total. The van der Waals surface area contributed by atoms with E-state index in [-0.39, 0.29) is 0 Å². The lowest BCUT2D eigenvalue weighted by Gasteiger charge is -2.07. The molecule has 0 saturated heterocycles. The fourth-order valence-corrected chi connectivity index (χ4v) is 2.60. The van der Waals surface area contributed by atoms with E-state index in [4.69, 9.17) is 4.74 Å². The van der Waals surface area contributed by atoms with Crippen LogP contribution in [0.15, 0.2) is 39.8 Å². The van der Waals surface area contributed by atoms with E-state index < -0.39 is 9.84 Å². The molecule has 1 aromatic heterocycles. The Balaban J connectivity index is 2.06. The van der Waals surface area contributed by atoms with Gasteiger partial charge in [0.25, 0.3) is 0 Å². The standard InChI is InChI=1S/C13H14BrN3O3S/c1-20-12-11(14)8-16-13(17-12)15-7-9-3-5-10(6-4-9)21(2,18)19/h3-6,8H,7H2,1-2H3,(H,15,16,17). The van der Waals surface area contributed by atoms with Gasteiger partial charge in [0.15, 0.2) is 9.84 Å². The van der Waals surface area contributed by atoms with Crippen molar-refractivity contribution in [3.05, 3.63) is 40.5 Å². The number of methoxy groups -OCH3 is 1. The number of hydrogen-bond acceptors (Lipinski definition) is 6. The van der Waals surface area contributed by atoms with Crippen LogP contribution in [0, 0.1) is 0 Å². The van der Waals surface area contributed by atoms with Crippen LogP contribution < -0.4 is 10.1 Å². The van der Waals surface area contributed by atoms with Gasteiger partial charge >= 0.3 is 0 Å². The van der Waals surface area contributed by atoms with Crippen molar-refractivity contribution in [3.8, 4) is 5.88 Å². The van der Waals surface area contributed by atoms with Gasteiger partial charge < -0.3 is 10.1 Å². The Morgan fingerprint density at radius 2 is 1.95 bits per heavy atom. The van der Waals surface area contributed by atoms with Gasteiger partial charge in [0.2, 0.25) is 11.8 Å². The molecule has 0 atom stereocenters. The molecule has 8 heteroatoms. The van der Waals surface area contributed by atoms with Gasteiger partial charge in [-0.1, -0.05) is 12.1 Å². The predicted octanol–water partition coefficient (Wildman–Crippen LogP) is 2.26. The first-order chi connectivity index (χ1) is 9.90. The molecule has 0 aliphatic carbocycles. The fraction of sp³-hybridized carbons (Fsp3) is 0.231. The number of nitrogens with one attached hydrogen (secondary N) is 1. The third-order valence-corrected chi connectivity index (χ3v) is 4.38. The van der Waals surface area contributed by atoms with Gasteiger partial charge in [-0.3, -0.25) is 0 Å². The van der Waals surface area contributed by atoms with Gasteiger partial charge in [-0.15, -0.1) is 0 Å². The van der Waals surface area contributed by atoms with E-state index in [0.717, 1.165) is 5.56 Å². The largest absolute Gasteiger partial charge is 0.480 e. The van der Waals surface area contributed by atoms with E-state index in [0.29, 0.717) is 27.7 Å². The molecule has 0 amide bonds. The van der Waals surface area contributed by atoms with Crippen LogP contribution in [-0.4, -0.2) is 31.8 Å². The molecule has 0 aliphatic rings. The smallest absolute Gasteiger partial charge is 0.232 e. The van der Waals surface area contributed by atoms with Crippen LogP contribution in [0.5, 0.6) is 5.88 Å². The van der Waals surface area contributed by atoms with Gasteiger partial charge in [0.1, 0.15) is 0 Å². The minimum absolute atomic E-state index is 0.299. The molecular weight excluding hydrogens is 358 g/mol. The minimum atomic E-state index is -3.17. The Bertz CT molecular complexity index is 733. The number of rotatable bonds is 5. The molecule has 6 nitrogen and oxygen atoms in total. The van der Waals surface area contributed by atoms with Crippen molar-refractivity contribution in [1.29, 1.82) is 0 Å². The van der Waals surface area contributed by atoms with Gasteiger partial charge in [-0.05, 0) is 33.6 Å². The maximum Gasteiger partial charge on any atom is 0.232 e. The molecule has 1 heterocycles. The van der Waals surface area contributed by atoms with E-state index in [1.807, 2.05) is 0 Å². The maximum absolute atomic E-state index is 11.4. The Labute approximate surface area is 131 Å². The SMILES string of the molecule is COc1nc(NCc2ccc(S(C)(=O)=O)cc2)ncc1Br. The van der Waals surface area contributed by atoms with Gasteiger partial charge in [0, 0.05) is 12.8 Å². The van der Waals surface area contributed by atoms with Crippen LogP contribution >= 0.6 is 15.9 Å². The third-order valence-electron chi connectivity index (χ3n) is 2.71. The first-order valence-corrected chi connectivity index (χ1v) is 8.68. The zero-order chi connectivity index (χ0) is 15.5. The highest BCUT2D eigenvalue weighted by atomic mass is 79.9. The highest BCUT2D eigenvalue weighted by molar-refractivity contribution is 9.10. The normalized spacial score (nSPS) is 11.2. The molecule has 112 valence electrons. The molecule has 0 unspecified atom stereocenters. The summed E-state index contributed by atoms with van der Waals surface area (Å²) in [6.07, 6.45) is 2.78. The Morgan fingerprint density at radius 3 is 2.52 bits per heavy atom. The summed E-state index contributed by atoms with van der Waals surface area (Å²) in [5.41, 5.74) is 0.924. The molecule has 21 heavy (non-hydrogen) atoms. The minimum Gasteiger partial charge on any atom is -0.480 e. The highest BCUT2D eigenvalue weighted by Gasteiger charge is 2.07. The summed E-state index contributed by atoms with van der Waals surface area (Å²) >= 11 is 3.28. The number of sulfone groups is 1. The number of halogens is 1. The molecule has 0 spiro atoms. The van der Waals surface area contributed by atoms with E-state index in [2.05, 4.69) is 31.2 Å². The summed E-state index contributed by atoms with van der Waals surface area (Å²) in [7, 11) is -1.64. The van der Waals surface area contributed by atoms with Crippen molar-refractivity contribution in [3.63, 3.8) is 0 Å². The highest BCUT2D eigenvalue weighted by Crippen LogP contribution is 2.22. The van der Waals surface area contributed by atoms with Crippen LogP contribution in [0.4, 0.5) is 5.95 Å². The Morgan fingerprint density at radius 1 is 1.29 bits per heavy atom. The van der Waals surface area contributed by atoms with E-state index in [1.165, 1.54) is 13.4 Å². The lowest BCUT2D eigenvalue weighted by molar-refractivity contribution is 0.394. The zero-order valence-corrected chi connectivity index (χ0v) is 13.9. The summed E-state index contributed by atoms with van der Waals surface area (Å²) in [5, 5.41) is 3.05.